The summed E-state index contributed by atoms with van der Waals surface area (Å²) < 4.78 is 51.2. The number of amides is 3. The number of nitrogens with one attached hydrogen (secondary N) is 8. The summed E-state index contributed by atoms with van der Waals surface area (Å²) in [6.45, 7) is 10.6. The first-order chi connectivity index (χ1) is 39.7. The number of pyridine rings is 3. The van der Waals surface area contributed by atoms with Gasteiger partial charge in [0.05, 0.1) is 22.3 Å². The number of carbonyl (C=O) groups excluding carboxylic acids is 3. The summed E-state index contributed by atoms with van der Waals surface area (Å²) in [5.74, 6) is 0.499. The lowest BCUT2D eigenvalue weighted by molar-refractivity contribution is -0.139. The van der Waals surface area contributed by atoms with Gasteiger partial charge in [-0.25, -0.2) is 49.2 Å². The number of rotatable bonds is 18. The molecule has 9 aromatic rings. The number of hydrogen-bond acceptors (Lipinski definition) is 18. The van der Waals surface area contributed by atoms with E-state index >= 15 is 0 Å². The van der Waals surface area contributed by atoms with Crippen LogP contribution in [0.5, 0.6) is 0 Å². The number of carbonyl (C=O) groups is 3. The predicted octanol–water partition coefficient (Wildman–Crippen LogP) is 10.2. The van der Waals surface area contributed by atoms with E-state index in [2.05, 4.69) is 91.0 Å². The molecule has 1 saturated carbocycles. The fourth-order valence-electron chi connectivity index (χ4n) is 8.51. The molecule has 8 N–H and O–H groups in total. The molecule has 0 saturated heterocycles. The Kier molecular flexibility index (Phi) is 18.2. The third-order valence-corrected chi connectivity index (χ3v) is 13.9. The Hall–Kier alpha value is -9.23. The minimum atomic E-state index is -4.53. The van der Waals surface area contributed by atoms with E-state index in [0.717, 1.165) is 17.1 Å². The van der Waals surface area contributed by atoms with Gasteiger partial charge in [0.25, 0.3) is 0 Å². The average Bonchev–Trinajstić information content (AvgIpc) is 1.68. The molecule has 1 fully saturated rings. The normalized spacial score (nSPS) is 13.9. The fraction of sp³-hybridized carbons (Fsp3) is 0.340. The maximum Gasteiger partial charge on any atom is 0.405 e. The molecule has 0 aliphatic heterocycles. The first-order valence-electron chi connectivity index (χ1n) is 25.9. The van der Waals surface area contributed by atoms with Gasteiger partial charge in [0.2, 0.25) is 29.6 Å². The molecule has 0 bridgehead atoms. The van der Waals surface area contributed by atoms with Crippen LogP contribution in [0.2, 0.25) is 10.0 Å². The molecular weight excluding hydrogens is 1130 g/mol. The lowest BCUT2D eigenvalue weighted by atomic mass is 9.98. The summed E-state index contributed by atoms with van der Waals surface area (Å²) >= 11 is 12.1. The Morgan fingerprint density at radius 1 is 0.675 bits per heavy atom. The van der Waals surface area contributed by atoms with Crippen LogP contribution in [0.15, 0.2) is 80.3 Å². The van der Waals surface area contributed by atoms with Gasteiger partial charge in [-0.1, -0.05) is 37.0 Å². The van der Waals surface area contributed by atoms with E-state index in [1.807, 2.05) is 46.0 Å². The summed E-state index contributed by atoms with van der Waals surface area (Å²) in [5.41, 5.74) is 0.852. The van der Waals surface area contributed by atoms with Crippen molar-refractivity contribution in [2.75, 3.05) is 41.7 Å². The molecule has 24 nitrogen and oxygen atoms in total. The van der Waals surface area contributed by atoms with Crippen LogP contribution in [0.25, 0.3) is 67.3 Å². The Morgan fingerprint density at radius 3 is 1.57 bits per heavy atom. The number of likely N-dealkylation sites (N-methyl/N-ethyl adjacent to an activating group) is 2. The standard InChI is InChI=1S/C19H15ClF3N7O.C17H20ClN7O.C17H20FN7O.8H2/c20-11-7-12-13(9-27-15(12)26-8-11)16-25-5-1-14(29-16)30(6-4-24)18(2-3-18)17(31)28-10-19(21,22)23;2*1-4-17(3,15(26)19-5-2)25-16-23-9-22-14(24-16)12-8-21-13-11(12)6-10(18)7-20-13;;;;;;;;/h1,5,7-9H,2-3,6,10H2,(H,26,27)(H,28,31);2*6-9H,4-5H2,1-3H3,(H,19,26)(H,20,21)(H,22,23,24,25);8*1H/t;2*17-;;;;;;;;/m.11......../s1. The largest absolute Gasteiger partial charge is 0.405 e. The molecule has 2 atom stereocenters. The number of nitriles is 1. The average molecular weight is 1200 g/mol. The molecule has 9 heterocycles. The SMILES string of the molecule is CCNC(=O)[C@@](C)(CC)Nc1ncnc(-c2c[nH]c3ncc(Cl)cc23)n1.CCNC(=O)[C@@](C)(CC)Nc1ncnc(-c2c[nH]c3ncc(F)cc23)n1.N#CCN(c1ccnc(-c2c[nH]c3ncc(Cl)cc23)n1)C1(C(=O)NCC(F)(F)F)CC1.[HH].[HH].[HH].[HH].[HH].[HH].[HH].[HH]. The molecule has 1 aliphatic carbocycles. The van der Waals surface area contributed by atoms with Crippen molar-refractivity contribution >= 4 is 91.7 Å². The van der Waals surface area contributed by atoms with Crippen LogP contribution in [0, 0.1) is 17.1 Å². The summed E-state index contributed by atoms with van der Waals surface area (Å²) in [6.07, 6.45) is 10.7. The molecule has 448 valence electrons. The van der Waals surface area contributed by atoms with Crippen molar-refractivity contribution in [3.8, 4) is 40.2 Å². The minimum absolute atomic E-state index is 0. The van der Waals surface area contributed by atoms with Crippen LogP contribution in [0.1, 0.15) is 78.6 Å². The minimum Gasteiger partial charge on any atom is -0.354 e. The molecule has 0 aromatic carbocycles. The van der Waals surface area contributed by atoms with E-state index in [1.165, 1.54) is 42.1 Å². The number of hydrogen-bond donors (Lipinski definition) is 8. The molecule has 9 aromatic heterocycles. The molecule has 0 spiro atoms. The van der Waals surface area contributed by atoms with E-state index < -0.39 is 41.1 Å². The van der Waals surface area contributed by atoms with Gasteiger partial charge in [-0.3, -0.25) is 14.4 Å². The molecule has 0 unspecified atom stereocenters. The smallest absolute Gasteiger partial charge is 0.354 e. The van der Waals surface area contributed by atoms with Gasteiger partial charge >= 0.3 is 6.18 Å². The van der Waals surface area contributed by atoms with Gasteiger partial charge in [-0.05, 0) is 77.6 Å². The highest BCUT2D eigenvalue weighted by molar-refractivity contribution is 6.31. The number of halogens is 6. The maximum atomic E-state index is 13.5. The highest BCUT2D eigenvalue weighted by Crippen LogP contribution is 2.44. The van der Waals surface area contributed by atoms with Crippen molar-refractivity contribution in [1.29, 1.82) is 5.26 Å². The van der Waals surface area contributed by atoms with E-state index in [9.17, 15) is 37.2 Å². The van der Waals surface area contributed by atoms with Crippen LogP contribution < -0.4 is 31.5 Å². The van der Waals surface area contributed by atoms with E-state index in [1.54, 1.807) is 43.8 Å². The summed E-state index contributed by atoms with van der Waals surface area (Å²) in [4.78, 5) is 94.4. The van der Waals surface area contributed by atoms with Crippen LogP contribution in [0.4, 0.5) is 35.3 Å². The molecular formula is C53H71Cl2F4N21O3. The van der Waals surface area contributed by atoms with Gasteiger partial charge < -0.3 is 46.4 Å². The zero-order valence-corrected chi connectivity index (χ0v) is 47.0. The van der Waals surface area contributed by atoms with E-state index in [4.69, 9.17) is 23.2 Å². The molecule has 0 radical (unpaired) electrons. The monoisotopic (exact) mass is 1200 g/mol. The highest BCUT2D eigenvalue weighted by atomic mass is 35.5. The first-order valence-corrected chi connectivity index (χ1v) is 26.6. The van der Waals surface area contributed by atoms with Crippen LogP contribution in [-0.4, -0.2) is 136 Å². The lowest BCUT2D eigenvalue weighted by Crippen LogP contribution is -2.51. The van der Waals surface area contributed by atoms with Crippen molar-refractivity contribution in [1.82, 2.24) is 85.7 Å². The molecule has 1 aliphatic rings. The molecule has 3 amide bonds. The Bertz CT molecular complexity index is 3730. The molecule has 83 heavy (non-hydrogen) atoms. The number of nitrogens with zero attached hydrogens (tertiary/aromatic N) is 13. The summed E-state index contributed by atoms with van der Waals surface area (Å²) in [6, 6.07) is 8.35. The summed E-state index contributed by atoms with van der Waals surface area (Å²) in [5, 5.41) is 26.1. The quantitative estimate of drug-likeness (QED) is 0.0292. The second-order valence-electron chi connectivity index (χ2n) is 19.2. The Morgan fingerprint density at radius 2 is 1.13 bits per heavy atom. The van der Waals surface area contributed by atoms with Gasteiger partial charge in [-0.2, -0.15) is 28.4 Å². The van der Waals surface area contributed by atoms with Crippen LogP contribution in [0.3, 0.4) is 0 Å². The Labute approximate surface area is 492 Å². The lowest BCUT2D eigenvalue weighted by Gasteiger charge is -2.30. The van der Waals surface area contributed by atoms with Crippen LogP contribution in [-0.2, 0) is 14.4 Å². The van der Waals surface area contributed by atoms with E-state index in [-0.39, 0.29) is 41.5 Å². The van der Waals surface area contributed by atoms with Crippen molar-refractivity contribution in [3.05, 3.63) is 96.2 Å². The highest BCUT2D eigenvalue weighted by Gasteiger charge is 2.56. The zero-order chi connectivity index (χ0) is 59.7. The van der Waals surface area contributed by atoms with Gasteiger partial charge in [0, 0.05) is 94.5 Å². The second-order valence-corrected chi connectivity index (χ2v) is 20.0. The second kappa shape index (κ2) is 25.3. The van der Waals surface area contributed by atoms with Crippen molar-refractivity contribution in [2.45, 2.75) is 90.0 Å². The first kappa shape index (κ1) is 59.9. The van der Waals surface area contributed by atoms with Crippen LogP contribution >= 0.6 is 23.2 Å². The number of alkyl halides is 3. The Balaban J connectivity index is 0.00000129. The summed E-state index contributed by atoms with van der Waals surface area (Å²) in [7, 11) is 0. The topological polar surface area (TPSA) is 328 Å². The fourth-order valence-corrected chi connectivity index (χ4v) is 8.83. The van der Waals surface area contributed by atoms with Gasteiger partial charge in [-0.15, -0.1) is 0 Å². The van der Waals surface area contributed by atoms with Crippen molar-refractivity contribution < 1.29 is 43.4 Å². The number of aromatic nitrogens is 14. The van der Waals surface area contributed by atoms with E-state index in [0.29, 0.717) is 111 Å². The maximum absolute atomic E-state index is 13.5. The zero-order valence-electron chi connectivity index (χ0n) is 45.5. The number of H-pyrrole nitrogens is 3. The van der Waals surface area contributed by atoms with Crippen molar-refractivity contribution in [3.63, 3.8) is 0 Å². The third kappa shape index (κ3) is 13.8. The third-order valence-electron chi connectivity index (χ3n) is 13.5. The van der Waals surface area contributed by atoms with Crippen molar-refractivity contribution in [2.24, 2.45) is 0 Å². The van der Waals surface area contributed by atoms with Gasteiger partial charge in [0.1, 0.15) is 70.9 Å². The number of aromatic amines is 3. The molecule has 30 heteroatoms. The molecule has 10 rings (SSSR count). The number of fused-ring (bicyclic) bond motifs is 3. The van der Waals surface area contributed by atoms with Gasteiger partial charge in [0.15, 0.2) is 17.5 Å². The predicted molar refractivity (Wildman–Crippen MR) is 320 cm³/mol. The number of anilines is 3.